The Labute approximate surface area is 128 Å². The maximum Gasteiger partial charge on any atom is 0.234 e. The first kappa shape index (κ1) is 15.9. The van der Waals surface area contributed by atoms with Gasteiger partial charge in [-0.3, -0.25) is 0 Å². The highest BCUT2D eigenvalue weighted by Gasteiger charge is 2.08. The molecule has 0 atom stereocenters. The fraction of sp³-hybridized carbons (Fsp3) is 0.0625. The molecule has 0 saturated heterocycles. The van der Waals surface area contributed by atoms with Crippen molar-refractivity contribution in [3.63, 3.8) is 0 Å². The first-order chi connectivity index (χ1) is 10.5. The van der Waals surface area contributed by atoms with Crippen molar-refractivity contribution in [3.8, 4) is 6.07 Å². The van der Waals surface area contributed by atoms with Gasteiger partial charge in [-0.15, -0.1) is 0 Å². The van der Waals surface area contributed by atoms with Crippen LogP contribution in [0.2, 0.25) is 0 Å². The van der Waals surface area contributed by atoms with Crippen LogP contribution in [-0.2, 0) is 16.6 Å². The normalized spacial score (nSPS) is 11.5. The average Bonchev–Trinajstić information content (AvgIpc) is 2.53. The minimum Gasteiger partial charge on any atom is -0.208 e. The molecule has 2 aromatic rings. The lowest BCUT2D eigenvalue weighted by Crippen LogP contribution is -2.21. The largest absolute Gasteiger partial charge is 0.234 e. The summed E-state index contributed by atoms with van der Waals surface area (Å²) in [6.07, 6.45) is 1.46. The van der Waals surface area contributed by atoms with Crippen molar-refractivity contribution in [2.45, 2.75) is 6.54 Å². The molecule has 0 aliphatic rings. The Kier molecular flexibility index (Phi) is 5.04. The fourth-order valence-electron chi connectivity index (χ4n) is 1.72. The van der Waals surface area contributed by atoms with E-state index in [9.17, 15) is 12.8 Å². The summed E-state index contributed by atoms with van der Waals surface area (Å²) in [5.41, 5.74) is 1.11. The Hall–Kier alpha value is -2.49. The van der Waals surface area contributed by atoms with Crippen LogP contribution in [0.3, 0.4) is 0 Å². The van der Waals surface area contributed by atoms with Crippen LogP contribution in [-0.4, -0.2) is 8.42 Å². The highest BCUT2D eigenvalue weighted by Crippen LogP contribution is 2.10. The number of hydrogen-bond donors (Lipinski definition) is 1. The molecule has 0 heterocycles. The maximum atomic E-state index is 13.7. The lowest BCUT2D eigenvalue weighted by molar-refractivity contribution is 0.582. The van der Waals surface area contributed by atoms with Gasteiger partial charge in [0.25, 0.3) is 0 Å². The summed E-state index contributed by atoms with van der Waals surface area (Å²) in [6, 6.07) is 14.7. The van der Waals surface area contributed by atoms with Gasteiger partial charge in [0.05, 0.1) is 11.6 Å². The molecule has 112 valence electrons. The molecule has 2 aromatic carbocycles. The molecule has 6 heteroatoms. The van der Waals surface area contributed by atoms with E-state index >= 15 is 0 Å². The summed E-state index contributed by atoms with van der Waals surface area (Å²) in [5.74, 6) is -0.617. The van der Waals surface area contributed by atoms with Crippen LogP contribution in [0, 0.1) is 17.1 Å². The van der Waals surface area contributed by atoms with Crippen LogP contribution in [0.25, 0.3) is 6.08 Å². The highest BCUT2D eigenvalue weighted by molar-refractivity contribution is 7.92. The van der Waals surface area contributed by atoms with Crippen LogP contribution in [0.1, 0.15) is 16.7 Å². The number of rotatable bonds is 5. The third kappa shape index (κ3) is 4.52. The first-order valence-corrected chi connectivity index (χ1v) is 7.96. The van der Waals surface area contributed by atoms with Crippen molar-refractivity contribution in [3.05, 3.63) is 76.4 Å². The minimum atomic E-state index is -3.67. The van der Waals surface area contributed by atoms with E-state index in [-0.39, 0.29) is 17.7 Å². The predicted molar refractivity (Wildman–Crippen MR) is 82.4 cm³/mol. The SMILES string of the molecule is N#Cc1ccc(CNS(=O)(=O)/C=C/c2ccccc2)c(F)c1. The average molecular weight is 316 g/mol. The second kappa shape index (κ2) is 6.98. The second-order valence-electron chi connectivity index (χ2n) is 4.50. The smallest absolute Gasteiger partial charge is 0.208 e. The van der Waals surface area contributed by atoms with Gasteiger partial charge in [-0.05, 0) is 23.8 Å². The van der Waals surface area contributed by atoms with Crippen LogP contribution in [0.5, 0.6) is 0 Å². The first-order valence-electron chi connectivity index (χ1n) is 6.41. The number of nitrogens with zero attached hydrogens (tertiary/aromatic N) is 1. The molecular weight excluding hydrogens is 303 g/mol. The Morgan fingerprint density at radius 1 is 1.18 bits per heavy atom. The van der Waals surface area contributed by atoms with Crippen molar-refractivity contribution in [2.75, 3.05) is 0 Å². The van der Waals surface area contributed by atoms with Gasteiger partial charge < -0.3 is 0 Å². The molecule has 22 heavy (non-hydrogen) atoms. The summed E-state index contributed by atoms with van der Waals surface area (Å²) >= 11 is 0. The van der Waals surface area contributed by atoms with Crippen molar-refractivity contribution in [1.29, 1.82) is 5.26 Å². The van der Waals surface area contributed by atoms with Gasteiger partial charge in [-0.1, -0.05) is 36.4 Å². The van der Waals surface area contributed by atoms with Gasteiger partial charge in [0.1, 0.15) is 5.82 Å². The Morgan fingerprint density at radius 2 is 1.91 bits per heavy atom. The molecule has 0 unspecified atom stereocenters. The third-order valence-electron chi connectivity index (χ3n) is 2.89. The van der Waals surface area contributed by atoms with Crippen LogP contribution in [0.4, 0.5) is 4.39 Å². The predicted octanol–water partition coefficient (Wildman–Crippen LogP) is 2.79. The van der Waals surface area contributed by atoms with Gasteiger partial charge >= 0.3 is 0 Å². The molecular formula is C16H13FN2O2S. The summed E-state index contributed by atoms with van der Waals surface area (Å²) in [6.45, 7) is -0.182. The number of halogens is 1. The highest BCUT2D eigenvalue weighted by atomic mass is 32.2. The van der Waals surface area contributed by atoms with Gasteiger partial charge in [-0.25, -0.2) is 17.5 Å². The molecule has 0 spiro atoms. The van der Waals surface area contributed by atoms with Crippen LogP contribution >= 0.6 is 0 Å². The number of sulfonamides is 1. The number of hydrogen-bond acceptors (Lipinski definition) is 3. The van der Waals surface area contributed by atoms with Gasteiger partial charge in [0.2, 0.25) is 10.0 Å². The molecule has 0 fully saturated rings. The maximum absolute atomic E-state index is 13.7. The van der Waals surface area contributed by atoms with E-state index in [0.29, 0.717) is 0 Å². The topological polar surface area (TPSA) is 70.0 Å². The molecule has 0 bridgehead atoms. The Bertz CT molecular complexity index is 825. The van der Waals surface area contributed by atoms with E-state index in [4.69, 9.17) is 5.26 Å². The number of nitriles is 1. The number of benzene rings is 2. The van der Waals surface area contributed by atoms with Crippen molar-refractivity contribution >= 4 is 16.1 Å². The van der Waals surface area contributed by atoms with Gasteiger partial charge in [-0.2, -0.15) is 5.26 Å². The van der Waals surface area contributed by atoms with E-state index in [2.05, 4.69) is 4.72 Å². The molecule has 2 rings (SSSR count). The van der Waals surface area contributed by atoms with Gasteiger partial charge in [0.15, 0.2) is 0 Å². The second-order valence-corrected chi connectivity index (χ2v) is 6.15. The van der Waals surface area contributed by atoms with Crippen LogP contribution in [0.15, 0.2) is 53.9 Å². The fourth-order valence-corrected chi connectivity index (χ4v) is 2.51. The lowest BCUT2D eigenvalue weighted by Gasteiger charge is -2.05. The lowest BCUT2D eigenvalue weighted by atomic mass is 10.1. The standard InChI is InChI=1S/C16H13FN2O2S/c17-16-10-14(11-18)6-7-15(16)12-19-22(20,21)9-8-13-4-2-1-3-5-13/h1-10,19H,12H2/b9-8+. The Morgan fingerprint density at radius 3 is 2.55 bits per heavy atom. The summed E-state index contributed by atoms with van der Waals surface area (Å²) in [5, 5.41) is 9.68. The van der Waals surface area contributed by atoms with Gasteiger partial charge in [0, 0.05) is 17.5 Å². The molecule has 0 saturated carbocycles. The zero-order valence-electron chi connectivity index (χ0n) is 11.5. The summed E-state index contributed by atoms with van der Waals surface area (Å²) in [4.78, 5) is 0. The molecule has 0 aliphatic carbocycles. The van der Waals surface area contributed by atoms with E-state index in [1.165, 1.54) is 18.2 Å². The molecule has 0 aromatic heterocycles. The molecule has 0 amide bonds. The van der Waals surface area contributed by atoms with Crippen molar-refractivity contribution in [2.24, 2.45) is 0 Å². The molecule has 1 N–H and O–H groups in total. The quantitative estimate of drug-likeness (QED) is 0.922. The molecule has 0 radical (unpaired) electrons. The third-order valence-corrected chi connectivity index (χ3v) is 3.93. The summed E-state index contributed by atoms with van der Waals surface area (Å²) in [7, 11) is -3.67. The van der Waals surface area contributed by atoms with E-state index in [0.717, 1.165) is 17.0 Å². The van der Waals surface area contributed by atoms with E-state index in [1.807, 2.05) is 12.1 Å². The molecule has 0 aliphatic heterocycles. The molecule has 4 nitrogen and oxygen atoms in total. The minimum absolute atomic E-state index is 0.177. The van der Waals surface area contributed by atoms with E-state index in [1.54, 1.807) is 24.3 Å². The van der Waals surface area contributed by atoms with Crippen molar-refractivity contribution < 1.29 is 12.8 Å². The number of nitrogens with one attached hydrogen (secondary N) is 1. The monoisotopic (exact) mass is 316 g/mol. The summed E-state index contributed by atoms with van der Waals surface area (Å²) < 4.78 is 39.6. The van der Waals surface area contributed by atoms with Crippen LogP contribution < -0.4 is 4.72 Å². The van der Waals surface area contributed by atoms with Crippen molar-refractivity contribution in [1.82, 2.24) is 4.72 Å². The zero-order chi connectivity index (χ0) is 16.0. The zero-order valence-corrected chi connectivity index (χ0v) is 12.3. The van der Waals surface area contributed by atoms with E-state index < -0.39 is 15.8 Å². The Balaban J connectivity index is 2.04.